The second kappa shape index (κ2) is 9.53. The summed E-state index contributed by atoms with van der Waals surface area (Å²) in [6.07, 6.45) is 4.35. The molecule has 2 aromatic rings. The first kappa shape index (κ1) is 20.2. The van der Waals surface area contributed by atoms with E-state index in [1.54, 1.807) is 54.6 Å². The molecule has 0 heterocycles. The number of carbonyl (C=O) groups is 1. The van der Waals surface area contributed by atoms with Gasteiger partial charge in [-0.2, -0.15) is 0 Å². The molecule has 0 aliphatic carbocycles. The van der Waals surface area contributed by atoms with E-state index in [0.717, 1.165) is 25.7 Å². The zero-order chi connectivity index (χ0) is 19.0. The first-order valence-corrected chi connectivity index (χ1v) is 10.7. The highest BCUT2D eigenvalue weighted by molar-refractivity contribution is 7.90. The van der Waals surface area contributed by atoms with Crippen LogP contribution in [0, 0.1) is 0 Å². The van der Waals surface area contributed by atoms with E-state index in [4.69, 9.17) is 0 Å². The van der Waals surface area contributed by atoms with Crippen LogP contribution in [0.25, 0.3) is 0 Å². The van der Waals surface area contributed by atoms with E-state index in [1.807, 2.05) is 6.92 Å². The lowest BCUT2D eigenvalue weighted by Gasteiger charge is -2.14. The van der Waals surface area contributed by atoms with Crippen molar-refractivity contribution in [3.8, 4) is 0 Å². The summed E-state index contributed by atoms with van der Waals surface area (Å²) >= 11 is 0. The molecule has 0 unspecified atom stereocenters. The molecule has 0 aliphatic rings. The third-order valence-corrected chi connectivity index (χ3v) is 5.97. The Morgan fingerprint density at radius 2 is 1.77 bits per heavy atom. The van der Waals surface area contributed by atoms with Crippen LogP contribution in [0.5, 0.6) is 0 Å². The summed E-state index contributed by atoms with van der Waals surface area (Å²) in [4.78, 5) is 12.7. The lowest BCUT2D eigenvalue weighted by atomic mass is 10.1. The van der Waals surface area contributed by atoms with Crippen LogP contribution in [0.4, 0.5) is 0 Å². The normalized spacial score (nSPS) is 12.5. The van der Waals surface area contributed by atoms with Gasteiger partial charge in [-0.15, -0.1) is 0 Å². The second-order valence-electron chi connectivity index (χ2n) is 6.64. The third-order valence-electron chi connectivity index (χ3n) is 4.27. The highest BCUT2D eigenvalue weighted by atomic mass is 32.2. The highest BCUT2D eigenvalue weighted by Crippen LogP contribution is 2.17. The smallest absolute Gasteiger partial charge is 0.251 e. The molecule has 0 fully saturated rings. The number of sulfone groups is 1. The van der Waals surface area contributed by atoms with Gasteiger partial charge in [0.15, 0.2) is 9.84 Å². The van der Waals surface area contributed by atoms with Gasteiger partial charge in [-0.25, -0.2) is 8.42 Å². The molecule has 2 rings (SSSR count). The van der Waals surface area contributed by atoms with Crippen LogP contribution in [0.2, 0.25) is 0 Å². The van der Waals surface area contributed by atoms with Crippen LogP contribution in [0.15, 0.2) is 59.5 Å². The second-order valence-corrected chi connectivity index (χ2v) is 8.63. The number of benzene rings is 2. The van der Waals surface area contributed by atoms with Crippen molar-refractivity contribution in [3.63, 3.8) is 0 Å². The van der Waals surface area contributed by atoms with Gasteiger partial charge in [0, 0.05) is 11.6 Å². The van der Waals surface area contributed by atoms with Crippen molar-refractivity contribution in [2.24, 2.45) is 0 Å². The largest absolute Gasteiger partial charge is 0.350 e. The van der Waals surface area contributed by atoms with Crippen molar-refractivity contribution in [2.45, 2.75) is 56.2 Å². The quantitative estimate of drug-likeness (QED) is 0.664. The standard InChI is InChI=1S/C21H27NO3S/c1-3-4-6-10-17(2)22-21(23)19-12-9-11-18(15-19)16-26(24,25)20-13-7-5-8-14-20/h5,7-9,11-15,17H,3-4,6,10,16H2,1-2H3,(H,22,23)/t17-/m1/s1. The minimum atomic E-state index is -3.43. The molecule has 1 N–H and O–H groups in total. The van der Waals surface area contributed by atoms with E-state index in [1.165, 1.54) is 0 Å². The van der Waals surface area contributed by atoms with E-state index in [0.29, 0.717) is 16.0 Å². The molecule has 4 nitrogen and oxygen atoms in total. The van der Waals surface area contributed by atoms with E-state index in [9.17, 15) is 13.2 Å². The predicted molar refractivity (Wildman–Crippen MR) is 105 cm³/mol. The van der Waals surface area contributed by atoms with Gasteiger partial charge in [0.25, 0.3) is 5.91 Å². The number of nitrogens with one attached hydrogen (secondary N) is 1. The zero-order valence-corrected chi connectivity index (χ0v) is 16.3. The average Bonchev–Trinajstić information content (AvgIpc) is 2.62. The van der Waals surface area contributed by atoms with Crippen molar-refractivity contribution in [1.29, 1.82) is 0 Å². The molecule has 2 aromatic carbocycles. The summed E-state index contributed by atoms with van der Waals surface area (Å²) in [5, 5.41) is 2.99. The summed E-state index contributed by atoms with van der Waals surface area (Å²) in [6.45, 7) is 4.15. The van der Waals surface area contributed by atoms with Crippen molar-refractivity contribution < 1.29 is 13.2 Å². The van der Waals surface area contributed by atoms with Crippen molar-refractivity contribution >= 4 is 15.7 Å². The predicted octanol–water partition coefficient (Wildman–Crippen LogP) is 4.36. The fourth-order valence-electron chi connectivity index (χ4n) is 2.81. The molecule has 1 amide bonds. The molecular formula is C21H27NO3S. The molecule has 0 bridgehead atoms. The van der Waals surface area contributed by atoms with Gasteiger partial charge < -0.3 is 5.32 Å². The third kappa shape index (κ3) is 5.99. The minimum absolute atomic E-state index is 0.103. The number of rotatable bonds is 9. The fourth-order valence-corrected chi connectivity index (χ4v) is 4.17. The molecule has 1 atom stereocenters. The Kier molecular flexibility index (Phi) is 7.39. The van der Waals surface area contributed by atoms with Gasteiger partial charge in [-0.1, -0.05) is 56.5 Å². The topological polar surface area (TPSA) is 63.2 Å². The number of unbranched alkanes of at least 4 members (excludes halogenated alkanes) is 2. The first-order valence-electron chi connectivity index (χ1n) is 9.10. The Balaban J connectivity index is 2.04. The first-order chi connectivity index (χ1) is 12.4. The van der Waals surface area contributed by atoms with Gasteiger partial charge in [0.05, 0.1) is 10.6 Å². The van der Waals surface area contributed by atoms with Crippen LogP contribution in [-0.4, -0.2) is 20.4 Å². The fraction of sp³-hybridized carbons (Fsp3) is 0.381. The maximum absolute atomic E-state index is 12.5. The molecule has 0 saturated carbocycles. The van der Waals surface area contributed by atoms with Crippen LogP contribution in [0.1, 0.15) is 55.5 Å². The number of carbonyl (C=O) groups excluding carboxylic acids is 1. The Morgan fingerprint density at radius 1 is 1.04 bits per heavy atom. The summed E-state index contributed by atoms with van der Waals surface area (Å²) in [7, 11) is -3.43. The monoisotopic (exact) mass is 373 g/mol. The lowest BCUT2D eigenvalue weighted by molar-refractivity contribution is 0.0938. The number of hydrogen-bond donors (Lipinski definition) is 1. The molecule has 0 saturated heterocycles. The van der Waals surface area contributed by atoms with E-state index in [2.05, 4.69) is 12.2 Å². The van der Waals surface area contributed by atoms with Gasteiger partial charge in [-0.3, -0.25) is 4.79 Å². The maximum atomic E-state index is 12.5. The zero-order valence-electron chi connectivity index (χ0n) is 15.4. The Hall–Kier alpha value is -2.14. The Bertz CT molecular complexity index is 816. The van der Waals surface area contributed by atoms with Gasteiger partial charge >= 0.3 is 0 Å². The Morgan fingerprint density at radius 3 is 2.46 bits per heavy atom. The van der Waals surface area contributed by atoms with Crippen LogP contribution < -0.4 is 5.32 Å². The maximum Gasteiger partial charge on any atom is 0.251 e. The summed E-state index contributed by atoms with van der Waals surface area (Å²) in [5.74, 6) is -0.280. The molecule has 140 valence electrons. The molecular weight excluding hydrogens is 346 g/mol. The van der Waals surface area contributed by atoms with Crippen molar-refractivity contribution in [1.82, 2.24) is 5.32 Å². The van der Waals surface area contributed by atoms with Gasteiger partial charge in [0.1, 0.15) is 0 Å². The van der Waals surface area contributed by atoms with Crippen LogP contribution in [-0.2, 0) is 15.6 Å². The summed E-state index contributed by atoms with van der Waals surface area (Å²) in [6, 6.07) is 15.3. The van der Waals surface area contributed by atoms with E-state index >= 15 is 0 Å². The molecule has 5 heteroatoms. The summed E-state index contributed by atoms with van der Waals surface area (Å²) in [5.41, 5.74) is 1.10. The Labute approximate surface area is 156 Å². The summed E-state index contributed by atoms with van der Waals surface area (Å²) < 4.78 is 25.0. The van der Waals surface area contributed by atoms with Crippen LogP contribution in [0.3, 0.4) is 0 Å². The van der Waals surface area contributed by atoms with E-state index < -0.39 is 9.84 Å². The van der Waals surface area contributed by atoms with Gasteiger partial charge in [0.2, 0.25) is 0 Å². The van der Waals surface area contributed by atoms with Gasteiger partial charge in [-0.05, 0) is 43.2 Å². The van der Waals surface area contributed by atoms with Crippen molar-refractivity contribution in [3.05, 3.63) is 65.7 Å². The molecule has 0 radical (unpaired) electrons. The number of hydrogen-bond acceptors (Lipinski definition) is 3. The lowest BCUT2D eigenvalue weighted by Crippen LogP contribution is -2.32. The number of amides is 1. The molecule has 26 heavy (non-hydrogen) atoms. The highest BCUT2D eigenvalue weighted by Gasteiger charge is 2.16. The SMILES string of the molecule is CCCCC[C@@H](C)NC(=O)c1cccc(CS(=O)(=O)c2ccccc2)c1. The molecule has 0 spiro atoms. The van der Waals surface area contributed by atoms with Crippen molar-refractivity contribution in [2.75, 3.05) is 0 Å². The molecule has 0 aliphatic heterocycles. The van der Waals surface area contributed by atoms with E-state index in [-0.39, 0.29) is 17.7 Å². The molecule has 0 aromatic heterocycles. The minimum Gasteiger partial charge on any atom is -0.350 e. The van der Waals surface area contributed by atoms with Crippen LogP contribution >= 0.6 is 0 Å². The average molecular weight is 374 g/mol.